The van der Waals surface area contributed by atoms with E-state index >= 15 is 0 Å². The van der Waals surface area contributed by atoms with Gasteiger partial charge in [0.15, 0.2) is 12.2 Å². The molecule has 0 heterocycles. The highest BCUT2D eigenvalue weighted by atomic mass is 31.2. The van der Waals surface area contributed by atoms with Gasteiger partial charge in [-0.1, -0.05) is 298 Å². The van der Waals surface area contributed by atoms with Crippen LogP contribution >= 0.6 is 15.6 Å². The summed E-state index contributed by atoms with van der Waals surface area (Å²) in [5.41, 5.74) is 0. The molecule has 0 aromatic carbocycles. The molecule has 6 atom stereocenters. The van der Waals surface area contributed by atoms with Crippen molar-refractivity contribution >= 4 is 39.5 Å². The Morgan fingerprint density at radius 3 is 0.864 bits per heavy atom. The first-order valence-electron chi connectivity index (χ1n) is 36.0. The van der Waals surface area contributed by atoms with Gasteiger partial charge in [0.2, 0.25) is 0 Å². The van der Waals surface area contributed by atoms with E-state index in [4.69, 9.17) is 37.0 Å². The third kappa shape index (κ3) is 61.6. The van der Waals surface area contributed by atoms with E-state index < -0.39 is 97.5 Å². The molecule has 0 radical (unpaired) electrons. The van der Waals surface area contributed by atoms with Gasteiger partial charge in [-0.25, -0.2) is 9.13 Å². The van der Waals surface area contributed by atoms with E-state index in [-0.39, 0.29) is 25.7 Å². The minimum absolute atomic E-state index is 0.104. The van der Waals surface area contributed by atoms with Crippen molar-refractivity contribution in [3.63, 3.8) is 0 Å². The van der Waals surface area contributed by atoms with Crippen molar-refractivity contribution in [2.45, 2.75) is 368 Å². The summed E-state index contributed by atoms with van der Waals surface area (Å²) in [6.07, 6.45) is 45.9. The third-order valence-corrected chi connectivity index (χ3v) is 18.2. The van der Waals surface area contributed by atoms with Gasteiger partial charge in [-0.05, 0) is 37.5 Å². The molecule has 3 unspecified atom stereocenters. The Labute approximate surface area is 537 Å². The van der Waals surface area contributed by atoms with Crippen LogP contribution in [0.25, 0.3) is 0 Å². The Morgan fingerprint density at radius 2 is 0.580 bits per heavy atom. The summed E-state index contributed by atoms with van der Waals surface area (Å²) in [4.78, 5) is 72.3. The summed E-state index contributed by atoms with van der Waals surface area (Å²) in [7, 11) is -9.89. The highest BCUT2D eigenvalue weighted by molar-refractivity contribution is 7.47. The van der Waals surface area contributed by atoms with Crippen molar-refractivity contribution < 1.29 is 80.2 Å². The van der Waals surface area contributed by atoms with Crippen LogP contribution in [-0.4, -0.2) is 96.7 Å². The van der Waals surface area contributed by atoms with Gasteiger partial charge in [-0.15, -0.1) is 0 Å². The Balaban J connectivity index is 5.17. The highest BCUT2D eigenvalue weighted by Gasteiger charge is 2.30. The van der Waals surface area contributed by atoms with E-state index in [2.05, 4.69) is 41.5 Å². The monoisotopic (exact) mass is 1300 g/mol. The number of unbranched alkanes of at least 4 members (excludes halogenated alkanes) is 37. The molecular formula is C69H134O17P2. The Hall–Kier alpha value is -1.94. The molecule has 0 aliphatic rings. The second kappa shape index (κ2) is 61.3. The second-order valence-electron chi connectivity index (χ2n) is 25.6. The van der Waals surface area contributed by atoms with Crippen LogP contribution in [0.2, 0.25) is 0 Å². The Kier molecular flexibility index (Phi) is 59.9. The lowest BCUT2D eigenvalue weighted by Crippen LogP contribution is -2.30. The van der Waals surface area contributed by atoms with Gasteiger partial charge in [-0.3, -0.25) is 37.3 Å². The SMILES string of the molecule is CCCCCCCCCCC(=O)O[C@H](COC(=O)CCCCCCCCC)COP(=O)(O)OC[C@H](O)COP(=O)(O)OC[C@@H](COC(=O)CCCCCCCCCCCCCCC(C)C)OC(=O)CCCCCCCCCCCCCCCCC(C)CC. The number of rotatable bonds is 68. The molecule has 0 aliphatic heterocycles. The Morgan fingerprint density at radius 1 is 0.330 bits per heavy atom. The smallest absolute Gasteiger partial charge is 0.462 e. The summed E-state index contributed by atoms with van der Waals surface area (Å²) in [5, 5.41) is 10.5. The van der Waals surface area contributed by atoms with Crippen molar-refractivity contribution in [1.29, 1.82) is 0 Å². The first-order valence-corrected chi connectivity index (χ1v) is 39.0. The van der Waals surface area contributed by atoms with Crippen LogP contribution in [0.15, 0.2) is 0 Å². The van der Waals surface area contributed by atoms with Crippen molar-refractivity contribution in [2.75, 3.05) is 39.6 Å². The zero-order valence-corrected chi connectivity index (χ0v) is 58.8. The maximum atomic E-state index is 13.0. The number of phosphoric ester groups is 2. The molecule has 0 spiro atoms. The lowest BCUT2D eigenvalue weighted by molar-refractivity contribution is -0.161. The molecule has 0 aliphatic carbocycles. The fraction of sp³-hybridized carbons (Fsp3) is 0.942. The van der Waals surface area contributed by atoms with E-state index in [1.54, 1.807) is 0 Å². The minimum atomic E-state index is -4.95. The van der Waals surface area contributed by atoms with Crippen molar-refractivity contribution in [2.24, 2.45) is 11.8 Å². The first-order chi connectivity index (χ1) is 42.4. The molecule has 0 fully saturated rings. The molecule has 522 valence electrons. The predicted octanol–water partition coefficient (Wildman–Crippen LogP) is 19.6. The zero-order valence-electron chi connectivity index (χ0n) is 57.0. The average Bonchev–Trinajstić information content (AvgIpc) is 3.52. The number of carbonyl (C=O) groups is 4. The molecule has 0 aromatic heterocycles. The summed E-state index contributed by atoms with van der Waals surface area (Å²) >= 11 is 0. The molecular weight excluding hydrogens is 1160 g/mol. The number of esters is 4. The number of aliphatic hydroxyl groups is 1. The number of ether oxygens (including phenoxy) is 4. The molecule has 0 saturated heterocycles. The maximum Gasteiger partial charge on any atom is 0.472 e. The van der Waals surface area contributed by atoms with Gasteiger partial charge >= 0.3 is 39.5 Å². The lowest BCUT2D eigenvalue weighted by Gasteiger charge is -2.21. The quantitative estimate of drug-likeness (QED) is 0.0222. The van der Waals surface area contributed by atoms with Crippen LogP contribution in [0.5, 0.6) is 0 Å². The van der Waals surface area contributed by atoms with Gasteiger partial charge < -0.3 is 33.8 Å². The van der Waals surface area contributed by atoms with Crippen LogP contribution in [0.1, 0.15) is 350 Å². The summed E-state index contributed by atoms with van der Waals surface area (Å²) < 4.78 is 68.0. The summed E-state index contributed by atoms with van der Waals surface area (Å²) in [5.74, 6) is -0.505. The molecule has 0 saturated carbocycles. The second-order valence-corrected chi connectivity index (χ2v) is 28.5. The minimum Gasteiger partial charge on any atom is -0.462 e. The first kappa shape index (κ1) is 86.1. The number of carbonyl (C=O) groups excluding carboxylic acids is 4. The highest BCUT2D eigenvalue weighted by Crippen LogP contribution is 2.45. The summed E-state index contributed by atoms with van der Waals surface area (Å²) in [6.45, 7) is 9.54. The number of phosphoric acid groups is 2. The molecule has 0 bridgehead atoms. The lowest BCUT2D eigenvalue weighted by atomic mass is 9.99. The van der Waals surface area contributed by atoms with E-state index in [0.717, 1.165) is 121 Å². The third-order valence-electron chi connectivity index (χ3n) is 16.3. The van der Waals surface area contributed by atoms with Gasteiger partial charge in [0.05, 0.1) is 26.4 Å². The largest absolute Gasteiger partial charge is 0.472 e. The van der Waals surface area contributed by atoms with Gasteiger partial charge in [0, 0.05) is 25.7 Å². The van der Waals surface area contributed by atoms with Gasteiger partial charge in [-0.2, -0.15) is 0 Å². The van der Waals surface area contributed by atoms with Gasteiger partial charge in [0.25, 0.3) is 0 Å². The van der Waals surface area contributed by atoms with Crippen LogP contribution in [0, 0.1) is 11.8 Å². The predicted molar refractivity (Wildman–Crippen MR) is 354 cm³/mol. The van der Waals surface area contributed by atoms with Crippen molar-refractivity contribution in [3.05, 3.63) is 0 Å². The van der Waals surface area contributed by atoms with E-state index in [1.165, 1.54) is 148 Å². The fourth-order valence-electron chi connectivity index (χ4n) is 10.4. The normalized spacial score (nSPS) is 14.5. The van der Waals surface area contributed by atoms with Crippen LogP contribution in [0.4, 0.5) is 0 Å². The van der Waals surface area contributed by atoms with E-state index in [0.29, 0.717) is 25.7 Å². The molecule has 0 amide bonds. The zero-order chi connectivity index (χ0) is 65.0. The van der Waals surface area contributed by atoms with E-state index in [9.17, 15) is 43.2 Å². The molecule has 17 nitrogen and oxygen atoms in total. The van der Waals surface area contributed by atoms with Crippen molar-refractivity contribution in [1.82, 2.24) is 0 Å². The molecule has 3 N–H and O–H groups in total. The molecule has 19 heteroatoms. The van der Waals surface area contributed by atoms with Crippen LogP contribution in [0.3, 0.4) is 0 Å². The number of hydrogen-bond donors (Lipinski definition) is 3. The standard InChI is InChI=1S/C69H134O17P2/c1-7-10-12-14-16-34-41-47-53-68(73)85-64(57-79-66(71)51-45-39-31-15-13-11-8-2)59-83-87(75,76)81-55-63(70)56-82-88(77,78)84-60-65(58-80-67(72)52-46-40-35-29-25-22-21-23-27-32-37-43-49-61(4)5)86-69(74)54-48-42-36-30-26-20-18-17-19-24-28-33-38-44-50-62(6)9-3/h61-65,70H,7-60H2,1-6H3,(H,75,76)(H,77,78)/t62?,63-,64+,65+/m0/s1. The molecule has 0 rings (SSSR count). The number of aliphatic hydroxyl groups excluding tert-OH is 1. The Bertz CT molecular complexity index is 1720. The van der Waals surface area contributed by atoms with Gasteiger partial charge in [0.1, 0.15) is 19.3 Å². The molecule has 0 aromatic rings. The van der Waals surface area contributed by atoms with Crippen LogP contribution in [-0.2, 0) is 65.4 Å². The topological polar surface area (TPSA) is 237 Å². The van der Waals surface area contributed by atoms with Crippen molar-refractivity contribution in [3.8, 4) is 0 Å². The summed E-state index contributed by atoms with van der Waals surface area (Å²) in [6, 6.07) is 0. The fourth-order valence-corrected chi connectivity index (χ4v) is 12.0. The molecule has 88 heavy (non-hydrogen) atoms. The van der Waals surface area contributed by atoms with E-state index in [1.807, 2.05) is 0 Å². The average molecular weight is 1300 g/mol. The maximum absolute atomic E-state index is 13.0. The number of hydrogen-bond acceptors (Lipinski definition) is 15. The van der Waals surface area contributed by atoms with Crippen LogP contribution < -0.4 is 0 Å².